The van der Waals surface area contributed by atoms with Crippen molar-refractivity contribution >= 4 is 0 Å². The molecule has 0 amide bonds. The Hall–Kier alpha value is -1.26. The second-order valence-electron chi connectivity index (χ2n) is 5.64. The fourth-order valence-electron chi connectivity index (χ4n) is 2.44. The second kappa shape index (κ2) is 10.5. The Morgan fingerprint density at radius 2 is 1.95 bits per heavy atom. The van der Waals surface area contributed by atoms with Crippen LogP contribution in [0, 0.1) is 17.8 Å². The molecule has 0 radical (unpaired) electrons. The predicted octanol–water partition coefficient (Wildman–Crippen LogP) is 4.38. The zero-order valence-electron chi connectivity index (χ0n) is 13.4. The van der Waals surface area contributed by atoms with Gasteiger partial charge in [-0.3, -0.25) is 4.90 Å². The molecule has 0 fully saturated rings. The van der Waals surface area contributed by atoms with Gasteiger partial charge in [0.25, 0.3) is 0 Å². The first-order chi connectivity index (χ1) is 9.76. The van der Waals surface area contributed by atoms with Crippen molar-refractivity contribution in [2.45, 2.75) is 46.5 Å². The molecule has 1 rings (SSSR count). The summed E-state index contributed by atoms with van der Waals surface area (Å²) in [5.41, 5.74) is 1.42. The molecule has 0 spiro atoms. The minimum absolute atomic E-state index is 0.768. The smallest absolute Gasteiger partial charge is 0.0601 e. The van der Waals surface area contributed by atoms with Gasteiger partial charge in [0.1, 0.15) is 0 Å². The van der Waals surface area contributed by atoms with Crippen molar-refractivity contribution in [3.05, 3.63) is 35.9 Å². The lowest BCUT2D eigenvalue weighted by Crippen LogP contribution is -2.31. The predicted molar refractivity (Wildman–Crippen MR) is 88.7 cm³/mol. The fraction of sp³-hybridized carbons (Fsp3) is 0.579. The maximum Gasteiger partial charge on any atom is 0.0601 e. The molecule has 1 heteroatoms. The van der Waals surface area contributed by atoms with Crippen LogP contribution in [0.2, 0.25) is 0 Å². The molecule has 0 bridgehead atoms. The van der Waals surface area contributed by atoms with Crippen LogP contribution in [0.3, 0.4) is 0 Å². The topological polar surface area (TPSA) is 3.24 Å². The normalized spacial score (nSPS) is 12.0. The van der Waals surface area contributed by atoms with Crippen LogP contribution in [-0.2, 0) is 6.42 Å². The fourth-order valence-corrected chi connectivity index (χ4v) is 2.44. The Morgan fingerprint density at radius 1 is 1.20 bits per heavy atom. The van der Waals surface area contributed by atoms with Crippen molar-refractivity contribution in [3.8, 4) is 11.8 Å². The Balaban J connectivity index is 2.44. The molecule has 1 nitrogen and oxygen atoms in total. The summed E-state index contributed by atoms with van der Waals surface area (Å²) < 4.78 is 0. The molecule has 0 saturated carbocycles. The number of nitrogens with zero attached hydrogens (tertiary/aromatic N) is 1. The number of hydrogen-bond acceptors (Lipinski definition) is 1. The molecule has 1 aromatic carbocycles. The van der Waals surface area contributed by atoms with Crippen LogP contribution >= 0.6 is 0 Å². The first kappa shape index (κ1) is 16.8. The molecule has 1 aromatic rings. The van der Waals surface area contributed by atoms with Crippen molar-refractivity contribution in [2.24, 2.45) is 5.92 Å². The molecule has 0 heterocycles. The van der Waals surface area contributed by atoms with Crippen molar-refractivity contribution in [3.63, 3.8) is 0 Å². The molecular weight excluding hydrogens is 242 g/mol. The van der Waals surface area contributed by atoms with Crippen LogP contribution in [0.1, 0.15) is 45.6 Å². The summed E-state index contributed by atoms with van der Waals surface area (Å²) in [5, 5.41) is 0. The van der Waals surface area contributed by atoms with Crippen LogP contribution in [-0.4, -0.2) is 24.5 Å². The molecule has 0 aliphatic rings. The number of unbranched alkanes of at least 4 members (excludes halogenated alkanes) is 1. The molecular formula is C19H29N. The van der Waals surface area contributed by atoms with Gasteiger partial charge < -0.3 is 0 Å². The molecule has 110 valence electrons. The molecule has 0 aliphatic carbocycles. The molecule has 0 N–H and O–H groups in total. The highest BCUT2D eigenvalue weighted by Gasteiger charge is 2.09. The van der Waals surface area contributed by atoms with E-state index in [0.717, 1.165) is 25.4 Å². The van der Waals surface area contributed by atoms with Gasteiger partial charge in [-0.05, 0) is 31.2 Å². The van der Waals surface area contributed by atoms with Crippen LogP contribution in [0.15, 0.2) is 30.3 Å². The lowest BCUT2D eigenvalue weighted by Gasteiger charge is -2.23. The van der Waals surface area contributed by atoms with E-state index in [1.165, 1.54) is 31.4 Å². The zero-order chi connectivity index (χ0) is 14.6. The van der Waals surface area contributed by atoms with E-state index in [4.69, 9.17) is 0 Å². The Bertz CT molecular complexity index is 399. The van der Waals surface area contributed by atoms with E-state index in [9.17, 15) is 0 Å². The minimum Gasteiger partial charge on any atom is -0.292 e. The van der Waals surface area contributed by atoms with Gasteiger partial charge in [-0.2, -0.15) is 0 Å². The number of rotatable bonds is 9. The summed E-state index contributed by atoms with van der Waals surface area (Å²) in [4.78, 5) is 2.50. The third kappa shape index (κ3) is 7.36. The summed E-state index contributed by atoms with van der Waals surface area (Å²) in [5.74, 6) is 7.01. The highest BCUT2D eigenvalue weighted by Crippen LogP contribution is 2.10. The van der Waals surface area contributed by atoms with Crippen LogP contribution < -0.4 is 0 Å². The van der Waals surface area contributed by atoms with Gasteiger partial charge in [0, 0.05) is 13.1 Å². The van der Waals surface area contributed by atoms with Crippen molar-refractivity contribution in [1.82, 2.24) is 4.90 Å². The molecule has 0 saturated heterocycles. The van der Waals surface area contributed by atoms with E-state index >= 15 is 0 Å². The Morgan fingerprint density at radius 3 is 2.60 bits per heavy atom. The largest absolute Gasteiger partial charge is 0.292 e. The zero-order valence-corrected chi connectivity index (χ0v) is 13.4. The maximum absolute atomic E-state index is 3.22. The van der Waals surface area contributed by atoms with Crippen LogP contribution in [0.4, 0.5) is 0 Å². The van der Waals surface area contributed by atoms with Crippen LogP contribution in [0.25, 0.3) is 0 Å². The number of benzene rings is 1. The number of hydrogen-bond donors (Lipinski definition) is 0. The van der Waals surface area contributed by atoms with Gasteiger partial charge in [0.2, 0.25) is 0 Å². The monoisotopic (exact) mass is 271 g/mol. The van der Waals surface area contributed by atoms with E-state index in [1.54, 1.807) is 0 Å². The summed E-state index contributed by atoms with van der Waals surface area (Å²) >= 11 is 0. The highest BCUT2D eigenvalue weighted by molar-refractivity contribution is 5.15. The lowest BCUT2D eigenvalue weighted by atomic mass is 10.0. The molecule has 1 atom stereocenters. The van der Waals surface area contributed by atoms with E-state index in [-0.39, 0.29) is 0 Å². The third-order valence-electron chi connectivity index (χ3n) is 3.66. The second-order valence-corrected chi connectivity index (χ2v) is 5.64. The van der Waals surface area contributed by atoms with Crippen molar-refractivity contribution < 1.29 is 0 Å². The van der Waals surface area contributed by atoms with E-state index in [2.05, 4.69) is 60.9 Å². The van der Waals surface area contributed by atoms with Gasteiger partial charge in [-0.15, -0.1) is 5.92 Å². The van der Waals surface area contributed by atoms with Gasteiger partial charge in [0.15, 0.2) is 0 Å². The van der Waals surface area contributed by atoms with Gasteiger partial charge in [-0.1, -0.05) is 62.9 Å². The van der Waals surface area contributed by atoms with E-state index < -0.39 is 0 Å². The Labute approximate surface area is 125 Å². The average Bonchev–Trinajstić information content (AvgIpc) is 2.49. The van der Waals surface area contributed by atoms with E-state index in [0.29, 0.717) is 0 Å². The van der Waals surface area contributed by atoms with Gasteiger partial charge in [0.05, 0.1) is 6.54 Å². The van der Waals surface area contributed by atoms with E-state index in [1.807, 2.05) is 6.92 Å². The lowest BCUT2D eigenvalue weighted by molar-refractivity contribution is 0.257. The van der Waals surface area contributed by atoms with Crippen molar-refractivity contribution in [2.75, 3.05) is 19.6 Å². The van der Waals surface area contributed by atoms with Gasteiger partial charge in [-0.25, -0.2) is 0 Å². The summed E-state index contributed by atoms with van der Waals surface area (Å²) in [6.45, 7) is 9.74. The standard InChI is InChI=1S/C19H29N/c1-4-6-11-18(3)17-20(15-7-5-2)16-14-19-12-9-8-10-13-19/h8-10,12-13,18H,4,6,11,14-17H2,1-3H3. The summed E-state index contributed by atoms with van der Waals surface area (Å²) in [6, 6.07) is 10.7. The summed E-state index contributed by atoms with van der Waals surface area (Å²) in [7, 11) is 0. The quantitative estimate of drug-likeness (QED) is 0.602. The molecule has 20 heavy (non-hydrogen) atoms. The molecule has 0 aromatic heterocycles. The maximum atomic E-state index is 3.22. The van der Waals surface area contributed by atoms with Crippen LogP contribution in [0.5, 0.6) is 0 Å². The first-order valence-corrected chi connectivity index (χ1v) is 7.92. The SMILES string of the molecule is CC#CCN(CCc1ccccc1)CC(C)CCCC. The first-order valence-electron chi connectivity index (χ1n) is 7.92. The minimum atomic E-state index is 0.768. The Kier molecular flexibility index (Phi) is 8.83. The van der Waals surface area contributed by atoms with Gasteiger partial charge >= 0.3 is 0 Å². The highest BCUT2D eigenvalue weighted by atomic mass is 15.1. The van der Waals surface area contributed by atoms with Crippen molar-refractivity contribution in [1.29, 1.82) is 0 Å². The third-order valence-corrected chi connectivity index (χ3v) is 3.66. The average molecular weight is 271 g/mol. The molecule has 1 unspecified atom stereocenters. The molecule has 0 aliphatic heterocycles. The summed E-state index contributed by atoms with van der Waals surface area (Å²) in [6.07, 6.45) is 5.08.